The third-order valence-electron chi connectivity index (χ3n) is 5.08. The van der Waals surface area contributed by atoms with E-state index < -0.39 is 0 Å². The van der Waals surface area contributed by atoms with Crippen LogP contribution in [0.3, 0.4) is 0 Å². The lowest BCUT2D eigenvalue weighted by Crippen LogP contribution is -2.33. The van der Waals surface area contributed by atoms with Crippen molar-refractivity contribution in [1.29, 1.82) is 0 Å². The lowest BCUT2D eigenvalue weighted by atomic mass is 10.1. The molecule has 1 fully saturated rings. The maximum absolute atomic E-state index is 12.5. The van der Waals surface area contributed by atoms with Crippen LogP contribution >= 0.6 is 0 Å². The molecular formula is C20H28N4O2. The van der Waals surface area contributed by atoms with Crippen LogP contribution in [-0.4, -0.2) is 59.1 Å². The van der Waals surface area contributed by atoms with Crippen molar-refractivity contribution in [3.63, 3.8) is 0 Å². The third kappa shape index (κ3) is 4.69. The number of nitrogens with zero attached hydrogens (tertiary/aromatic N) is 4. The number of rotatable bonds is 5. The van der Waals surface area contributed by atoms with Gasteiger partial charge < -0.3 is 14.3 Å². The van der Waals surface area contributed by atoms with Crippen LogP contribution in [0.2, 0.25) is 0 Å². The van der Waals surface area contributed by atoms with E-state index in [9.17, 15) is 4.79 Å². The number of hydrogen-bond acceptors (Lipinski definition) is 5. The summed E-state index contributed by atoms with van der Waals surface area (Å²) in [6.07, 6.45) is 4.16. The summed E-state index contributed by atoms with van der Waals surface area (Å²) in [5.41, 5.74) is 2.09. The summed E-state index contributed by atoms with van der Waals surface area (Å²) < 4.78 is 5.33. The number of carbonyl (C=O) groups is 1. The molecule has 0 radical (unpaired) electrons. The van der Waals surface area contributed by atoms with Gasteiger partial charge >= 0.3 is 0 Å². The van der Waals surface area contributed by atoms with E-state index in [2.05, 4.69) is 29.1 Å². The third-order valence-corrected chi connectivity index (χ3v) is 5.08. The first kappa shape index (κ1) is 18.6. The fourth-order valence-electron chi connectivity index (χ4n) is 3.47. The predicted octanol–water partition coefficient (Wildman–Crippen LogP) is 2.92. The van der Waals surface area contributed by atoms with Gasteiger partial charge in [0.1, 0.15) is 0 Å². The summed E-state index contributed by atoms with van der Waals surface area (Å²) in [5, 5.41) is 4.05. The standard InChI is InChI=1S/C20H28N4O2/c1-15-6-4-7-16(14-15)20-21-18(26-22-20)9-10-19(25)24-12-5-8-17(11-13-24)23(2)3/h4,6-7,14,17H,5,8-13H2,1-3H3/t17-/m1/s1. The minimum atomic E-state index is 0.180. The Hall–Kier alpha value is -2.21. The van der Waals surface area contributed by atoms with E-state index >= 15 is 0 Å². The van der Waals surface area contributed by atoms with Crippen LogP contribution in [0, 0.1) is 6.92 Å². The van der Waals surface area contributed by atoms with Gasteiger partial charge in [-0.1, -0.05) is 28.9 Å². The van der Waals surface area contributed by atoms with Crippen LogP contribution in [0.4, 0.5) is 0 Å². The van der Waals surface area contributed by atoms with Crippen molar-refractivity contribution in [3.8, 4) is 11.4 Å². The van der Waals surface area contributed by atoms with Gasteiger partial charge in [-0.05, 0) is 46.3 Å². The van der Waals surface area contributed by atoms with Gasteiger partial charge in [0, 0.05) is 37.5 Å². The molecule has 6 nitrogen and oxygen atoms in total. The maximum atomic E-state index is 12.5. The lowest BCUT2D eigenvalue weighted by molar-refractivity contribution is -0.131. The molecule has 1 aromatic heterocycles. The summed E-state index contributed by atoms with van der Waals surface area (Å²) in [6, 6.07) is 8.57. The van der Waals surface area contributed by atoms with E-state index in [0.717, 1.165) is 43.5 Å². The highest BCUT2D eigenvalue weighted by atomic mass is 16.5. The van der Waals surface area contributed by atoms with Crippen molar-refractivity contribution in [2.24, 2.45) is 0 Å². The largest absolute Gasteiger partial charge is 0.343 e. The number of aryl methyl sites for hydroxylation is 2. The van der Waals surface area contributed by atoms with Gasteiger partial charge in [-0.2, -0.15) is 4.98 Å². The molecule has 1 saturated heterocycles. The van der Waals surface area contributed by atoms with E-state index in [1.165, 1.54) is 0 Å². The molecule has 3 rings (SSSR count). The molecule has 2 aromatic rings. The fraction of sp³-hybridized carbons (Fsp3) is 0.550. The number of aromatic nitrogens is 2. The number of likely N-dealkylation sites (tertiary alicyclic amines) is 1. The fourth-order valence-corrected chi connectivity index (χ4v) is 3.47. The zero-order valence-corrected chi connectivity index (χ0v) is 15.9. The summed E-state index contributed by atoms with van der Waals surface area (Å²) in [4.78, 5) is 21.2. The molecular weight excluding hydrogens is 328 g/mol. The topological polar surface area (TPSA) is 62.5 Å². The van der Waals surface area contributed by atoms with Crippen molar-refractivity contribution in [3.05, 3.63) is 35.7 Å². The summed E-state index contributed by atoms with van der Waals surface area (Å²) in [7, 11) is 4.23. The number of carbonyl (C=O) groups excluding carboxylic acids is 1. The van der Waals surface area contributed by atoms with Gasteiger partial charge in [-0.15, -0.1) is 0 Å². The van der Waals surface area contributed by atoms with Gasteiger partial charge in [0.05, 0.1) is 0 Å². The molecule has 0 spiro atoms. The second-order valence-electron chi connectivity index (χ2n) is 7.31. The molecule has 1 amide bonds. The molecule has 0 bridgehead atoms. The Labute approximate surface area is 155 Å². The molecule has 1 atom stereocenters. The van der Waals surface area contributed by atoms with Gasteiger partial charge in [0.25, 0.3) is 0 Å². The second kappa shape index (κ2) is 8.45. The molecule has 1 aliphatic heterocycles. The zero-order valence-electron chi connectivity index (χ0n) is 15.9. The lowest BCUT2D eigenvalue weighted by Gasteiger charge is -2.23. The van der Waals surface area contributed by atoms with Crippen molar-refractivity contribution in [1.82, 2.24) is 19.9 Å². The minimum Gasteiger partial charge on any atom is -0.343 e. The number of benzene rings is 1. The Kier molecular flexibility index (Phi) is 6.04. The normalized spacial score (nSPS) is 18.2. The number of amides is 1. The van der Waals surface area contributed by atoms with Crippen LogP contribution in [0.25, 0.3) is 11.4 Å². The zero-order chi connectivity index (χ0) is 18.5. The molecule has 0 saturated carbocycles. The Balaban J connectivity index is 1.53. The van der Waals surface area contributed by atoms with E-state index in [4.69, 9.17) is 4.52 Å². The van der Waals surface area contributed by atoms with Gasteiger partial charge in [-0.25, -0.2) is 0 Å². The summed E-state index contributed by atoms with van der Waals surface area (Å²) >= 11 is 0. The van der Waals surface area contributed by atoms with Crippen LogP contribution in [-0.2, 0) is 11.2 Å². The first-order chi connectivity index (χ1) is 12.5. The molecule has 0 aliphatic carbocycles. The first-order valence-corrected chi connectivity index (χ1v) is 9.37. The van der Waals surface area contributed by atoms with E-state index in [-0.39, 0.29) is 5.91 Å². The van der Waals surface area contributed by atoms with Crippen LogP contribution in [0.5, 0.6) is 0 Å². The second-order valence-corrected chi connectivity index (χ2v) is 7.31. The van der Waals surface area contributed by atoms with E-state index in [1.807, 2.05) is 36.1 Å². The highest BCUT2D eigenvalue weighted by Gasteiger charge is 2.22. The van der Waals surface area contributed by atoms with Crippen LogP contribution in [0.15, 0.2) is 28.8 Å². The van der Waals surface area contributed by atoms with Gasteiger partial charge in [-0.3, -0.25) is 4.79 Å². The monoisotopic (exact) mass is 356 g/mol. The molecule has 26 heavy (non-hydrogen) atoms. The highest BCUT2D eigenvalue weighted by Crippen LogP contribution is 2.18. The predicted molar refractivity (Wildman–Crippen MR) is 101 cm³/mol. The van der Waals surface area contributed by atoms with Crippen LogP contribution in [0.1, 0.15) is 37.1 Å². The summed E-state index contributed by atoms with van der Waals surface area (Å²) in [6.45, 7) is 3.72. The van der Waals surface area contributed by atoms with Crippen molar-refractivity contribution in [2.75, 3.05) is 27.2 Å². The van der Waals surface area contributed by atoms with E-state index in [1.54, 1.807) is 0 Å². The van der Waals surface area contributed by atoms with Gasteiger partial charge in [0.2, 0.25) is 17.6 Å². The van der Waals surface area contributed by atoms with Crippen LogP contribution < -0.4 is 0 Å². The molecule has 0 unspecified atom stereocenters. The Bertz CT molecular complexity index is 741. The smallest absolute Gasteiger partial charge is 0.227 e. The van der Waals surface area contributed by atoms with Gasteiger partial charge in [0.15, 0.2) is 0 Å². The van der Waals surface area contributed by atoms with Crippen molar-refractivity contribution in [2.45, 2.75) is 45.1 Å². The molecule has 140 valence electrons. The maximum Gasteiger partial charge on any atom is 0.227 e. The molecule has 1 aromatic carbocycles. The van der Waals surface area contributed by atoms with Crippen molar-refractivity contribution < 1.29 is 9.32 Å². The average molecular weight is 356 g/mol. The van der Waals surface area contributed by atoms with E-state index in [0.29, 0.717) is 30.6 Å². The SMILES string of the molecule is Cc1cccc(-c2noc(CCC(=O)N3CCC[C@@H](N(C)C)CC3)n2)c1. The minimum absolute atomic E-state index is 0.180. The number of hydrogen-bond donors (Lipinski definition) is 0. The quantitative estimate of drug-likeness (QED) is 0.824. The summed E-state index contributed by atoms with van der Waals surface area (Å²) in [5.74, 6) is 1.29. The molecule has 2 heterocycles. The first-order valence-electron chi connectivity index (χ1n) is 9.37. The van der Waals surface area contributed by atoms with Crippen molar-refractivity contribution >= 4 is 5.91 Å². The Morgan fingerprint density at radius 3 is 2.92 bits per heavy atom. The molecule has 6 heteroatoms. The highest BCUT2D eigenvalue weighted by molar-refractivity contribution is 5.76. The Morgan fingerprint density at radius 1 is 1.31 bits per heavy atom. The molecule has 1 aliphatic rings. The Morgan fingerprint density at radius 2 is 2.15 bits per heavy atom. The molecule has 0 N–H and O–H groups in total. The average Bonchev–Trinajstić information content (AvgIpc) is 2.95.